The van der Waals surface area contributed by atoms with Gasteiger partial charge in [0.15, 0.2) is 0 Å². The fourth-order valence-electron chi connectivity index (χ4n) is 3.98. The molecular formula is C25H24Cl3N5O4. The lowest BCUT2D eigenvalue weighted by molar-refractivity contribution is -0.117. The number of nitrogens with one attached hydrogen (secondary N) is 3. The number of methoxy groups -OCH3 is 1. The molecule has 1 aromatic heterocycles. The Hall–Kier alpha value is -3.11. The molecule has 3 aromatic rings. The number of benzene rings is 2. The van der Waals surface area contributed by atoms with Gasteiger partial charge in [0.05, 0.1) is 47.8 Å². The maximum atomic E-state index is 11.7. The molecule has 0 saturated carbocycles. The van der Waals surface area contributed by atoms with E-state index in [1.165, 1.54) is 13.2 Å². The molecule has 1 aliphatic heterocycles. The van der Waals surface area contributed by atoms with E-state index in [2.05, 4.69) is 32.5 Å². The van der Waals surface area contributed by atoms with Crippen LogP contribution in [0.4, 0.5) is 5.95 Å². The summed E-state index contributed by atoms with van der Waals surface area (Å²) < 4.78 is 11.1. The molecule has 1 amide bonds. The van der Waals surface area contributed by atoms with Gasteiger partial charge in [-0.25, -0.2) is 9.97 Å². The number of rotatable bonds is 10. The predicted octanol–water partition coefficient (Wildman–Crippen LogP) is 4.20. The van der Waals surface area contributed by atoms with Crippen LogP contribution in [-0.4, -0.2) is 60.0 Å². The highest BCUT2D eigenvalue weighted by Crippen LogP contribution is 2.46. The lowest BCUT2D eigenvalue weighted by Crippen LogP contribution is -2.45. The van der Waals surface area contributed by atoms with Crippen LogP contribution in [0.25, 0.3) is 22.0 Å². The Morgan fingerprint density at radius 2 is 1.95 bits per heavy atom. The lowest BCUT2D eigenvalue weighted by Gasteiger charge is -2.20. The van der Waals surface area contributed by atoms with Crippen molar-refractivity contribution in [3.63, 3.8) is 0 Å². The molecule has 3 N–H and O–H groups in total. The number of aromatic nitrogens is 2. The molecule has 9 nitrogen and oxygen atoms in total. The predicted molar refractivity (Wildman–Crippen MR) is 145 cm³/mol. The van der Waals surface area contributed by atoms with Gasteiger partial charge in [-0.15, -0.1) is 0 Å². The molecule has 2 heterocycles. The van der Waals surface area contributed by atoms with Crippen molar-refractivity contribution in [3.8, 4) is 22.6 Å². The average Bonchev–Trinajstić information content (AvgIpc) is 3.31. The SMILES string of the molecule is C=CC(=O)NC1CNCC1Nc1ncc2cc(-c3c(Cl)c(OC)cc(OCCC(=O)Cl)c3Cl)ccc2n1. The molecule has 37 heavy (non-hydrogen) atoms. The summed E-state index contributed by atoms with van der Waals surface area (Å²) in [4.78, 5) is 31.8. The quantitative estimate of drug-likeness (QED) is 0.248. The fourth-order valence-corrected chi connectivity index (χ4v) is 4.76. The number of carbonyl (C=O) groups is 2. The first-order valence-corrected chi connectivity index (χ1v) is 12.5. The van der Waals surface area contributed by atoms with Crippen molar-refractivity contribution in [2.24, 2.45) is 0 Å². The summed E-state index contributed by atoms with van der Waals surface area (Å²) in [6.45, 7) is 4.83. The highest BCUT2D eigenvalue weighted by Gasteiger charge is 2.28. The Kier molecular flexibility index (Phi) is 8.71. The van der Waals surface area contributed by atoms with E-state index in [1.54, 1.807) is 12.3 Å². The normalized spacial score (nSPS) is 16.9. The fraction of sp³-hybridized carbons (Fsp3) is 0.280. The second-order valence-electron chi connectivity index (χ2n) is 8.23. The summed E-state index contributed by atoms with van der Waals surface area (Å²) in [5, 5.41) is 10.3. The van der Waals surface area contributed by atoms with Gasteiger partial charge in [-0.2, -0.15) is 0 Å². The van der Waals surface area contributed by atoms with Crippen LogP contribution in [0, 0.1) is 0 Å². The maximum absolute atomic E-state index is 11.7. The molecule has 194 valence electrons. The number of hydrogen-bond acceptors (Lipinski definition) is 8. The molecule has 0 radical (unpaired) electrons. The van der Waals surface area contributed by atoms with Crippen molar-refractivity contribution in [3.05, 3.63) is 53.2 Å². The molecule has 12 heteroatoms. The monoisotopic (exact) mass is 563 g/mol. The largest absolute Gasteiger partial charge is 0.495 e. The molecule has 0 bridgehead atoms. The number of anilines is 1. The standard InChI is InChI=1S/C25H24Cl3N5O4/c1-3-21(35)31-16-11-29-12-17(16)33-25-30-10-14-8-13(4-5-15(14)32-25)22-23(27)18(36-2)9-19(24(22)28)37-7-6-20(26)34/h3-5,8-10,16-17,29H,1,6-7,11-12H2,2H3,(H,31,35)(H,30,32,33). The second-order valence-corrected chi connectivity index (χ2v) is 9.41. The Morgan fingerprint density at radius 3 is 2.68 bits per heavy atom. The molecule has 1 aliphatic rings. The number of halogens is 3. The van der Waals surface area contributed by atoms with Crippen molar-refractivity contribution in [2.45, 2.75) is 18.5 Å². The Bertz CT molecular complexity index is 1350. The van der Waals surface area contributed by atoms with E-state index in [4.69, 9.17) is 44.3 Å². The van der Waals surface area contributed by atoms with Crippen LogP contribution in [0.5, 0.6) is 11.5 Å². The van der Waals surface area contributed by atoms with E-state index >= 15 is 0 Å². The summed E-state index contributed by atoms with van der Waals surface area (Å²) in [6, 6.07) is 6.90. The van der Waals surface area contributed by atoms with E-state index in [0.29, 0.717) is 52.2 Å². The van der Waals surface area contributed by atoms with Gasteiger partial charge in [0.2, 0.25) is 17.1 Å². The number of nitrogens with zero attached hydrogens (tertiary/aromatic N) is 2. The zero-order valence-corrected chi connectivity index (χ0v) is 22.1. The highest BCUT2D eigenvalue weighted by atomic mass is 35.5. The first-order chi connectivity index (χ1) is 17.8. The van der Waals surface area contributed by atoms with Gasteiger partial charge in [0.1, 0.15) is 11.5 Å². The van der Waals surface area contributed by atoms with Gasteiger partial charge in [-0.3, -0.25) is 9.59 Å². The first-order valence-electron chi connectivity index (χ1n) is 11.3. The van der Waals surface area contributed by atoms with Crippen LogP contribution in [-0.2, 0) is 9.59 Å². The van der Waals surface area contributed by atoms with Crippen LogP contribution in [0.2, 0.25) is 10.0 Å². The molecule has 0 spiro atoms. The Balaban J connectivity index is 1.61. The van der Waals surface area contributed by atoms with Crippen molar-refractivity contribution >= 4 is 62.8 Å². The zero-order chi connectivity index (χ0) is 26.5. The molecule has 2 unspecified atom stereocenters. The van der Waals surface area contributed by atoms with E-state index in [9.17, 15) is 9.59 Å². The molecule has 1 saturated heterocycles. The summed E-state index contributed by atoms with van der Waals surface area (Å²) in [5.74, 6) is 0.889. The zero-order valence-electron chi connectivity index (χ0n) is 19.8. The molecule has 2 aromatic carbocycles. The van der Waals surface area contributed by atoms with Gasteiger partial charge in [-0.05, 0) is 35.4 Å². The van der Waals surface area contributed by atoms with Gasteiger partial charge in [0.25, 0.3) is 0 Å². The van der Waals surface area contributed by atoms with Gasteiger partial charge < -0.3 is 25.4 Å². The smallest absolute Gasteiger partial charge is 0.243 e. The first kappa shape index (κ1) is 26.9. The van der Waals surface area contributed by atoms with Crippen molar-refractivity contribution < 1.29 is 19.1 Å². The summed E-state index contributed by atoms with van der Waals surface area (Å²) in [6.07, 6.45) is 2.97. The second kappa shape index (κ2) is 12.0. The topological polar surface area (TPSA) is 114 Å². The minimum atomic E-state index is -0.512. The highest BCUT2D eigenvalue weighted by molar-refractivity contribution is 6.63. The third kappa shape index (κ3) is 6.24. The maximum Gasteiger partial charge on any atom is 0.243 e. The van der Waals surface area contributed by atoms with E-state index in [-0.39, 0.29) is 36.0 Å². The average molecular weight is 565 g/mol. The minimum Gasteiger partial charge on any atom is -0.495 e. The number of ether oxygens (including phenoxy) is 2. The van der Waals surface area contributed by atoms with Crippen molar-refractivity contribution in [1.29, 1.82) is 0 Å². The van der Waals surface area contributed by atoms with Crippen LogP contribution in [0.3, 0.4) is 0 Å². The third-order valence-corrected chi connectivity index (χ3v) is 6.76. The lowest BCUT2D eigenvalue weighted by atomic mass is 10.0. The van der Waals surface area contributed by atoms with Gasteiger partial charge >= 0.3 is 0 Å². The summed E-state index contributed by atoms with van der Waals surface area (Å²) in [7, 11) is 1.49. The van der Waals surface area contributed by atoms with E-state index < -0.39 is 5.24 Å². The van der Waals surface area contributed by atoms with E-state index in [1.807, 2.05) is 18.2 Å². The van der Waals surface area contributed by atoms with Crippen LogP contribution < -0.4 is 25.4 Å². The molecule has 1 fully saturated rings. The number of carbonyl (C=O) groups excluding carboxylic acids is 2. The summed E-state index contributed by atoms with van der Waals surface area (Å²) >= 11 is 18.7. The molecule has 4 rings (SSSR count). The minimum absolute atomic E-state index is 0.0279. The molecule has 0 aliphatic carbocycles. The van der Waals surface area contributed by atoms with Crippen LogP contribution >= 0.6 is 34.8 Å². The number of amides is 1. The third-order valence-electron chi connectivity index (χ3n) is 5.82. The summed E-state index contributed by atoms with van der Waals surface area (Å²) in [5.41, 5.74) is 1.92. The number of hydrogen-bond donors (Lipinski definition) is 3. The molecular weight excluding hydrogens is 541 g/mol. The Morgan fingerprint density at radius 1 is 1.19 bits per heavy atom. The van der Waals surface area contributed by atoms with Crippen molar-refractivity contribution in [1.82, 2.24) is 20.6 Å². The van der Waals surface area contributed by atoms with Crippen LogP contribution in [0.1, 0.15) is 6.42 Å². The number of fused-ring (bicyclic) bond motifs is 1. The Labute approximate surface area is 228 Å². The van der Waals surface area contributed by atoms with Gasteiger partial charge in [-0.1, -0.05) is 35.8 Å². The molecule has 2 atom stereocenters. The van der Waals surface area contributed by atoms with Crippen molar-refractivity contribution in [2.75, 3.05) is 32.1 Å². The van der Waals surface area contributed by atoms with Gasteiger partial charge in [0, 0.05) is 36.3 Å². The van der Waals surface area contributed by atoms with Crippen LogP contribution in [0.15, 0.2) is 43.1 Å². The van der Waals surface area contributed by atoms with E-state index in [0.717, 1.165) is 5.39 Å².